The minimum atomic E-state index is -0.143. The van der Waals surface area contributed by atoms with Crippen LogP contribution in [0.15, 0.2) is 22.6 Å². The zero-order valence-corrected chi connectivity index (χ0v) is 12.9. The molecule has 116 valence electrons. The van der Waals surface area contributed by atoms with Gasteiger partial charge in [0.25, 0.3) is 5.56 Å². The molecule has 1 saturated heterocycles. The Balaban J connectivity index is 1.58. The first-order chi connectivity index (χ1) is 10.7. The van der Waals surface area contributed by atoms with E-state index in [9.17, 15) is 9.59 Å². The van der Waals surface area contributed by atoms with Crippen LogP contribution in [0.2, 0.25) is 0 Å². The molecule has 0 spiro atoms. The molecule has 2 aromatic rings. The van der Waals surface area contributed by atoms with Crippen molar-refractivity contribution < 1.29 is 9.53 Å². The Kier molecular flexibility index (Phi) is 3.46. The third-order valence-corrected chi connectivity index (χ3v) is 5.38. The molecular formula is C15H17N3O3S. The Labute approximate surface area is 131 Å². The van der Waals surface area contributed by atoms with Gasteiger partial charge in [0.05, 0.1) is 30.5 Å². The first-order valence-corrected chi connectivity index (χ1v) is 8.46. The number of carbonyl (C=O) groups excluding carboxylic acids is 1. The lowest BCUT2D eigenvalue weighted by Crippen LogP contribution is -2.52. The van der Waals surface area contributed by atoms with Crippen molar-refractivity contribution in [3.63, 3.8) is 0 Å². The molecule has 6 nitrogen and oxygen atoms in total. The van der Waals surface area contributed by atoms with Crippen LogP contribution in [0, 0.1) is 0 Å². The fourth-order valence-electron chi connectivity index (χ4n) is 3.48. The summed E-state index contributed by atoms with van der Waals surface area (Å²) in [5, 5.41) is 2.43. The van der Waals surface area contributed by atoms with Crippen LogP contribution in [0.3, 0.4) is 0 Å². The van der Waals surface area contributed by atoms with Gasteiger partial charge in [-0.3, -0.25) is 14.2 Å². The van der Waals surface area contributed by atoms with E-state index in [1.807, 2.05) is 10.3 Å². The molecule has 0 N–H and O–H groups in total. The molecule has 22 heavy (non-hydrogen) atoms. The molecule has 2 unspecified atom stereocenters. The Morgan fingerprint density at radius 1 is 1.45 bits per heavy atom. The Hall–Kier alpha value is -1.73. The van der Waals surface area contributed by atoms with E-state index in [0.717, 1.165) is 24.1 Å². The van der Waals surface area contributed by atoms with Gasteiger partial charge in [-0.2, -0.15) is 0 Å². The van der Waals surface area contributed by atoms with Gasteiger partial charge in [0.2, 0.25) is 5.91 Å². The highest BCUT2D eigenvalue weighted by atomic mass is 32.1. The summed E-state index contributed by atoms with van der Waals surface area (Å²) in [6.45, 7) is 1.26. The van der Waals surface area contributed by atoms with Crippen molar-refractivity contribution >= 4 is 27.5 Å². The molecule has 2 aliphatic rings. The summed E-state index contributed by atoms with van der Waals surface area (Å²) in [4.78, 5) is 31.9. The number of thiophene rings is 1. The van der Waals surface area contributed by atoms with Crippen molar-refractivity contribution in [3.8, 4) is 0 Å². The van der Waals surface area contributed by atoms with Gasteiger partial charge in [-0.05, 0) is 30.7 Å². The highest BCUT2D eigenvalue weighted by Gasteiger charge is 2.38. The molecule has 0 radical (unpaired) electrons. The molecule has 1 saturated carbocycles. The zero-order chi connectivity index (χ0) is 15.1. The van der Waals surface area contributed by atoms with E-state index >= 15 is 0 Å². The van der Waals surface area contributed by atoms with Gasteiger partial charge in [-0.1, -0.05) is 0 Å². The Morgan fingerprint density at radius 2 is 2.36 bits per heavy atom. The van der Waals surface area contributed by atoms with Crippen molar-refractivity contribution in [1.82, 2.24) is 14.5 Å². The normalized spacial score (nSPS) is 24.6. The number of carbonyl (C=O) groups is 1. The molecule has 0 aromatic carbocycles. The summed E-state index contributed by atoms with van der Waals surface area (Å²) >= 11 is 1.43. The van der Waals surface area contributed by atoms with Crippen molar-refractivity contribution in [2.45, 2.75) is 38.0 Å². The minimum Gasteiger partial charge on any atom is -0.374 e. The summed E-state index contributed by atoms with van der Waals surface area (Å²) in [5.74, 6) is -0.0151. The van der Waals surface area contributed by atoms with Gasteiger partial charge in [0, 0.05) is 6.54 Å². The summed E-state index contributed by atoms with van der Waals surface area (Å²) in [5.41, 5.74) is -0.143. The number of nitrogens with zero attached hydrogens (tertiary/aromatic N) is 3. The molecule has 2 atom stereocenters. The average Bonchev–Trinajstić information content (AvgIpc) is 3.18. The maximum Gasteiger partial charge on any atom is 0.262 e. The van der Waals surface area contributed by atoms with Crippen LogP contribution in [0.25, 0.3) is 10.2 Å². The summed E-state index contributed by atoms with van der Waals surface area (Å²) in [6, 6.07) is 1.94. The van der Waals surface area contributed by atoms with Gasteiger partial charge >= 0.3 is 0 Å². The highest BCUT2D eigenvalue weighted by Crippen LogP contribution is 2.29. The summed E-state index contributed by atoms with van der Waals surface area (Å²) < 4.78 is 7.14. The first kappa shape index (κ1) is 13.9. The molecule has 2 fully saturated rings. The van der Waals surface area contributed by atoms with Gasteiger partial charge in [-0.25, -0.2) is 4.98 Å². The van der Waals surface area contributed by atoms with E-state index in [-0.39, 0.29) is 30.2 Å². The smallest absolute Gasteiger partial charge is 0.262 e. The first-order valence-electron chi connectivity index (χ1n) is 7.58. The molecule has 2 aromatic heterocycles. The molecule has 0 bridgehead atoms. The van der Waals surface area contributed by atoms with E-state index in [2.05, 4.69) is 4.98 Å². The number of aromatic nitrogens is 2. The fourth-order valence-corrected chi connectivity index (χ4v) is 4.20. The van der Waals surface area contributed by atoms with Crippen LogP contribution >= 0.6 is 11.3 Å². The van der Waals surface area contributed by atoms with E-state index in [1.165, 1.54) is 22.2 Å². The second-order valence-electron chi connectivity index (χ2n) is 5.81. The van der Waals surface area contributed by atoms with Crippen LogP contribution < -0.4 is 5.56 Å². The van der Waals surface area contributed by atoms with Crippen LogP contribution in [0.1, 0.15) is 19.3 Å². The van der Waals surface area contributed by atoms with E-state index in [4.69, 9.17) is 4.74 Å². The van der Waals surface area contributed by atoms with E-state index < -0.39 is 0 Å². The Morgan fingerprint density at radius 3 is 3.27 bits per heavy atom. The van der Waals surface area contributed by atoms with Crippen LogP contribution in [0.4, 0.5) is 0 Å². The lowest BCUT2D eigenvalue weighted by Gasteiger charge is -2.37. The van der Waals surface area contributed by atoms with Crippen LogP contribution in [0.5, 0.6) is 0 Å². The van der Waals surface area contributed by atoms with Crippen LogP contribution in [-0.2, 0) is 16.1 Å². The number of amides is 1. The number of ether oxygens (including phenoxy) is 1. The lowest BCUT2D eigenvalue weighted by atomic mass is 10.1. The second-order valence-corrected chi connectivity index (χ2v) is 6.71. The molecule has 3 heterocycles. The Bertz CT molecular complexity index is 769. The largest absolute Gasteiger partial charge is 0.374 e. The van der Waals surface area contributed by atoms with Gasteiger partial charge in [0.1, 0.15) is 11.4 Å². The molecule has 1 aliphatic heterocycles. The molecule has 1 aliphatic carbocycles. The van der Waals surface area contributed by atoms with Gasteiger partial charge in [0.15, 0.2) is 0 Å². The molecule has 1 amide bonds. The predicted molar refractivity (Wildman–Crippen MR) is 83.0 cm³/mol. The van der Waals surface area contributed by atoms with Crippen molar-refractivity contribution in [2.75, 3.05) is 13.2 Å². The second kappa shape index (κ2) is 5.48. The molecule has 4 rings (SSSR count). The average molecular weight is 319 g/mol. The number of rotatable bonds is 2. The number of fused-ring (bicyclic) bond motifs is 2. The lowest BCUT2D eigenvalue weighted by molar-refractivity contribution is -0.144. The maximum absolute atomic E-state index is 12.6. The van der Waals surface area contributed by atoms with Gasteiger partial charge < -0.3 is 9.64 Å². The topological polar surface area (TPSA) is 64.4 Å². The summed E-state index contributed by atoms with van der Waals surface area (Å²) in [6.07, 6.45) is 4.77. The molecule has 7 heteroatoms. The summed E-state index contributed by atoms with van der Waals surface area (Å²) in [7, 11) is 0. The zero-order valence-electron chi connectivity index (χ0n) is 12.1. The maximum atomic E-state index is 12.6. The standard InChI is InChI=1S/C15H17N3O3S/c19-13(18-5-6-21-12-3-1-2-11(12)18)8-17-9-16-14-10(15(17)20)4-7-22-14/h4,7,9,11-12H,1-3,5-6,8H2. The number of morpholine rings is 1. The van der Waals surface area contributed by atoms with Crippen LogP contribution in [-0.4, -0.2) is 45.7 Å². The fraction of sp³-hybridized carbons (Fsp3) is 0.533. The van der Waals surface area contributed by atoms with Gasteiger partial charge in [-0.15, -0.1) is 11.3 Å². The van der Waals surface area contributed by atoms with Crippen molar-refractivity contribution in [2.24, 2.45) is 0 Å². The third kappa shape index (κ3) is 2.24. The number of hydrogen-bond acceptors (Lipinski definition) is 5. The SMILES string of the molecule is O=C(Cn1cnc2sccc2c1=O)N1CCOC2CCCC21. The highest BCUT2D eigenvalue weighted by molar-refractivity contribution is 7.16. The molecular weight excluding hydrogens is 302 g/mol. The monoisotopic (exact) mass is 319 g/mol. The third-order valence-electron chi connectivity index (χ3n) is 4.56. The quantitative estimate of drug-likeness (QED) is 0.835. The minimum absolute atomic E-state index is 0.0151. The van der Waals surface area contributed by atoms with Crippen molar-refractivity contribution in [3.05, 3.63) is 28.1 Å². The van der Waals surface area contributed by atoms with Crippen molar-refractivity contribution in [1.29, 1.82) is 0 Å². The number of hydrogen-bond donors (Lipinski definition) is 0. The van der Waals surface area contributed by atoms with E-state index in [1.54, 1.807) is 6.07 Å². The predicted octanol–water partition coefficient (Wildman–Crippen LogP) is 1.24. The van der Waals surface area contributed by atoms with E-state index in [0.29, 0.717) is 18.5 Å².